The Morgan fingerprint density at radius 2 is 1.97 bits per heavy atom. The second-order valence-corrected chi connectivity index (χ2v) is 9.95. The van der Waals surface area contributed by atoms with Crippen LogP contribution in [0.25, 0.3) is 33.3 Å². The number of piperazine rings is 1. The summed E-state index contributed by atoms with van der Waals surface area (Å²) >= 11 is 0. The first-order valence-corrected chi connectivity index (χ1v) is 12.8. The second-order valence-electron chi connectivity index (χ2n) is 9.95. The van der Waals surface area contributed by atoms with Gasteiger partial charge >= 0.3 is 0 Å². The number of fused-ring (bicyclic) bond motifs is 4. The van der Waals surface area contributed by atoms with Crippen molar-refractivity contribution in [2.24, 2.45) is 0 Å². The molecule has 0 bridgehead atoms. The third kappa shape index (κ3) is 4.16. The average Bonchev–Trinajstić information content (AvgIpc) is 3.33. The van der Waals surface area contributed by atoms with E-state index in [-0.39, 0.29) is 16.7 Å². The maximum absolute atomic E-state index is 15.2. The maximum Gasteiger partial charge on any atom is 0.143 e. The topological polar surface area (TPSA) is 80.2 Å². The zero-order valence-corrected chi connectivity index (χ0v) is 21.3. The Morgan fingerprint density at radius 1 is 1.16 bits per heavy atom. The molecule has 3 heterocycles. The highest BCUT2D eigenvalue weighted by atomic mass is 19.1. The van der Waals surface area contributed by atoms with Crippen molar-refractivity contribution in [1.29, 1.82) is 5.26 Å². The van der Waals surface area contributed by atoms with Crippen LogP contribution in [0.2, 0.25) is 0 Å². The number of nitrogens with one attached hydrogen (secondary N) is 2. The third-order valence-electron chi connectivity index (χ3n) is 7.43. The van der Waals surface area contributed by atoms with Gasteiger partial charge in [-0.3, -0.25) is 5.10 Å². The Bertz CT molecular complexity index is 1550. The number of likely N-dealkylation sites (N-methyl/N-ethyl adjacent to an activating group) is 1. The van der Waals surface area contributed by atoms with Crippen LogP contribution >= 0.6 is 0 Å². The third-order valence-corrected chi connectivity index (χ3v) is 7.43. The molecule has 0 aliphatic carbocycles. The average molecular weight is 515 g/mol. The van der Waals surface area contributed by atoms with Gasteiger partial charge in [0, 0.05) is 42.7 Å². The molecule has 3 aromatic carbocycles. The molecule has 4 aromatic rings. The molecule has 0 radical (unpaired) electrons. The molecule has 9 heteroatoms. The van der Waals surface area contributed by atoms with Gasteiger partial charge in [0.2, 0.25) is 0 Å². The lowest BCUT2D eigenvalue weighted by Gasteiger charge is -2.44. The summed E-state index contributed by atoms with van der Waals surface area (Å²) in [5, 5.41) is 21.0. The van der Waals surface area contributed by atoms with E-state index in [1.807, 2.05) is 19.1 Å². The van der Waals surface area contributed by atoms with Crippen molar-refractivity contribution in [2.45, 2.75) is 19.5 Å². The van der Waals surface area contributed by atoms with E-state index in [2.05, 4.69) is 44.5 Å². The van der Waals surface area contributed by atoms with E-state index < -0.39 is 11.6 Å². The molecule has 2 N–H and O–H groups in total. The normalized spacial score (nSPS) is 17.1. The fourth-order valence-corrected chi connectivity index (χ4v) is 5.51. The summed E-state index contributed by atoms with van der Waals surface area (Å²) in [6.07, 6.45) is 0. The number of nitriles is 1. The summed E-state index contributed by atoms with van der Waals surface area (Å²) in [6.45, 7) is 6.47. The summed E-state index contributed by atoms with van der Waals surface area (Å²) in [7, 11) is 2.13. The number of ether oxygens (including phenoxy) is 1. The van der Waals surface area contributed by atoms with E-state index >= 15 is 8.78 Å². The van der Waals surface area contributed by atoms with Gasteiger partial charge in [0.25, 0.3) is 0 Å². The zero-order chi connectivity index (χ0) is 26.4. The first kappa shape index (κ1) is 24.3. The minimum atomic E-state index is -0.706. The van der Waals surface area contributed by atoms with Gasteiger partial charge in [0.15, 0.2) is 0 Å². The Balaban J connectivity index is 1.42. The fraction of sp³-hybridized carbons (Fsp3) is 0.310. The van der Waals surface area contributed by atoms with Crippen molar-refractivity contribution >= 4 is 16.6 Å². The molecule has 7 nitrogen and oxygen atoms in total. The molecule has 1 aromatic heterocycles. The number of halogens is 2. The summed E-state index contributed by atoms with van der Waals surface area (Å²) in [5.74, 6) is -0.618. The van der Waals surface area contributed by atoms with Crippen LogP contribution in [0.3, 0.4) is 0 Å². The van der Waals surface area contributed by atoms with E-state index in [1.54, 1.807) is 12.1 Å². The fourth-order valence-electron chi connectivity index (χ4n) is 5.51. The first-order chi connectivity index (χ1) is 18.5. The van der Waals surface area contributed by atoms with E-state index in [4.69, 9.17) is 4.74 Å². The summed E-state index contributed by atoms with van der Waals surface area (Å²) in [5.41, 5.74) is 3.77. The molecule has 0 amide bonds. The Kier molecular flexibility index (Phi) is 6.22. The van der Waals surface area contributed by atoms with E-state index in [1.165, 1.54) is 12.1 Å². The lowest BCUT2D eigenvalue weighted by atomic mass is 9.94. The van der Waals surface area contributed by atoms with Gasteiger partial charge in [-0.2, -0.15) is 10.4 Å². The molecule has 0 saturated carbocycles. The lowest BCUT2D eigenvalue weighted by molar-refractivity contribution is 0.188. The molecule has 1 atom stereocenters. The number of aromatic amines is 1. The molecule has 0 spiro atoms. The van der Waals surface area contributed by atoms with Crippen molar-refractivity contribution in [1.82, 2.24) is 20.4 Å². The number of rotatable bonds is 5. The molecule has 194 valence electrons. The van der Waals surface area contributed by atoms with Crippen LogP contribution < -0.4 is 15.0 Å². The van der Waals surface area contributed by atoms with Crippen molar-refractivity contribution < 1.29 is 13.5 Å². The van der Waals surface area contributed by atoms with Crippen molar-refractivity contribution in [3.8, 4) is 34.2 Å². The van der Waals surface area contributed by atoms with Crippen LogP contribution in [-0.4, -0.2) is 61.0 Å². The largest absolute Gasteiger partial charge is 0.489 e. The van der Waals surface area contributed by atoms with Crippen LogP contribution in [0.15, 0.2) is 42.5 Å². The predicted molar refractivity (Wildman–Crippen MR) is 143 cm³/mol. The van der Waals surface area contributed by atoms with Gasteiger partial charge in [0.1, 0.15) is 29.7 Å². The molecule has 1 unspecified atom stereocenters. The highest BCUT2D eigenvalue weighted by Crippen LogP contribution is 2.40. The Morgan fingerprint density at radius 3 is 2.74 bits per heavy atom. The SMILES string of the molecule is CCNCc1cc(F)c(-c2cc3c(-c4ccc5c(c4)OCC4CN(C)CCN54)n[nH]c3cc2C#N)c(F)c1. The monoisotopic (exact) mass is 514 g/mol. The first-order valence-electron chi connectivity index (χ1n) is 12.8. The van der Waals surface area contributed by atoms with Crippen molar-refractivity contribution in [3.05, 3.63) is 65.2 Å². The van der Waals surface area contributed by atoms with Gasteiger partial charge in [-0.15, -0.1) is 0 Å². The number of nitrogens with zero attached hydrogens (tertiary/aromatic N) is 4. The summed E-state index contributed by atoms with van der Waals surface area (Å²) in [6, 6.07) is 14.3. The molecule has 6 rings (SSSR count). The number of benzene rings is 3. The highest BCUT2D eigenvalue weighted by molar-refractivity contribution is 5.98. The van der Waals surface area contributed by atoms with Crippen LogP contribution in [0, 0.1) is 23.0 Å². The van der Waals surface area contributed by atoms with Gasteiger partial charge < -0.3 is 19.9 Å². The molecule has 38 heavy (non-hydrogen) atoms. The quantitative estimate of drug-likeness (QED) is 0.403. The molecular weight excluding hydrogens is 486 g/mol. The second kappa shape index (κ2) is 9.71. The van der Waals surface area contributed by atoms with Crippen LogP contribution in [0.1, 0.15) is 18.1 Å². The minimum absolute atomic E-state index is 0.166. The molecule has 2 aliphatic rings. The zero-order valence-electron chi connectivity index (χ0n) is 21.3. The smallest absolute Gasteiger partial charge is 0.143 e. The molecule has 1 fully saturated rings. The Hall–Kier alpha value is -4.00. The molecular formula is C29H28F2N6O. The van der Waals surface area contributed by atoms with Gasteiger partial charge in [-0.25, -0.2) is 8.78 Å². The standard InChI is InChI=1S/C29H28F2N6O/c1-3-33-14-17-8-23(30)28(24(31)9-17)21-12-22-25(10-19(21)13-32)34-35-29(22)18-4-5-26-27(11-18)38-16-20-15-36(2)6-7-37(20)26/h4-5,8-12,20,33H,3,6-7,14-16H2,1-2H3,(H,34,35). The summed E-state index contributed by atoms with van der Waals surface area (Å²) < 4.78 is 36.6. The number of hydrogen-bond donors (Lipinski definition) is 2. The van der Waals surface area contributed by atoms with Gasteiger partial charge in [0.05, 0.1) is 34.4 Å². The number of H-pyrrole nitrogens is 1. The maximum atomic E-state index is 15.2. The van der Waals surface area contributed by atoms with Gasteiger partial charge in [-0.05, 0) is 55.6 Å². The van der Waals surface area contributed by atoms with E-state index in [0.29, 0.717) is 47.9 Å². The van der Waals surface area contributed by atoms with Crippen molar-refractivity contribution in [2.75, 3.05) is 44.7 Å². The van der Waals surface area contributed by atoms with Crippen LogP contribution in [-0.2, 0) is 6.54 Å². The van der Waals surface area contributed by atoms with Crippen LogP contribution in [0.5, 0.6) is 5.75 Å². The Labute approximate surface area is 219 Å². The predicted octanol–water partition coefficient (Wildman–Crippen LogP) is 4.67. The highest BCUT2D eigenvalue weighted by Gasteiger charge is 2.32. The number of hydrogen-bond acceptors (Lipinski definition) is 6. The number of aromatic nitrogens is 2. The lowest BCUT2D eigenvalue weighted by Crippen LogP contribution is -2.56. The van der Waals surface area contributed by atoms with Gasteiger partial charge in [-0.1, -0.05) is 13.0 Å². The molecule has 2 aliphatic heterocycles. The number of anilines is 1. The van der Waals surface area contributed by atoms with E-state index in [0.717, 1.165) is 36.6 Å². The van der Waals surface area contributed by atoms with E-state index in [9.17, 15) is 5.26 Å². The minimum Gasteiger partial charge on any atom is -0.489 e. The summed E-state index contributed by atoms with van der Waals surface area (Å²) in [4.78, 5) is 4.71. The van der Waals surface area contributed by atoms with Crippen LogP contribution in [0.4, 0.5) is 14.5 Å². The molecule has 1 saturated heterocycles. The van der Waals surface area contributed by atoms with Crippen molar-refractivity contribution in [3.63, 3.8) is 0 Å².